The van der Waals surface area contributed by atoms with E-state index in [4.69, 9.17) is 4.52 Å². The van der Waals surface area contributed by atoms with Crippen LogP contribution in [0.4, 0.5) is 5.82 Å². The van der Waals surface area contributed by atoms with E-state index in [1.807, 2.05) is 36.5 Å². The van der Waals surface area contributed by atoms with E-state index in [9.17, 15) is 0 Å². The number of pyridine rings is 1. The van der Waals surface area contributed by atoms with Crippen molar-refractivity contribution >= 4 is 5.82 Å². The Kier molecular flexibility index (Phi) is 5.16. The summed E-state index contributed by atoms with van der Waals surface area (Å²) in [6, 6.07) is 14.9. The van der Waals surface area contributed by atoms with Gasteiger partial charge in [-0.15, -0.1) is 0 Å². The van der Waals surface area contributed by atoms with Crippen molar-refractivity contribution in [2.45, 2.75) is 25.3 Å². The molecule has 6 nitrogen and oxygen atoms in total. The first-order valence-electron chi connectivity index (χ1n) is 9.43. The molecule has 0 bridgehead atoms. The van der Waals surface area contributed by atoms with Crippen LogP contribution in [0.1, 0.15) is 17.8 Å². The number of aromatic nitrogens is 3. The number of hydrogen-bond acceptors (Lipinski definition) is 6. The fraction of sp³-hybridized carbons (Fsp3) is 0.381. The lowest BCUT2D eigenvalue weighted by atomic mass is 10.1. The monoisotopic (exact) mass is 363 g/mol. The zero-order chi connectivity index (χ0) is 18.6. The second kappa shape index (κ2) is 7.88. The van der Waals surface area contributed by atoms with Crippen LogP contribution in [-0.4, -0.2) is 53.3 Å². The summed E-state index contributed by atoms with van der Waals surface area (Å²) in [5.41, 5.74) is 2.13. The van der Waals surface area contributed by atoms with Gasteiger partial charge >= 0.3 is 0 Å². The van der Waals surface area contributed by atoms with Gasteiger partial charge in [-0.1, -0.05) is 35.5 Å². The molecule has 1 atom stereocenters. The minimum absolute atomic E-state index is 0.515. The van der Waals surface area contributed by atoms with Gasteiger partial charge in [0.1, 0.15) is 5.82 Å². The van der Waals surface area contributed by atoms with Crippen LogP contribution in [0.3, 0.4) is 0 Å². The lowest BCUT2D eigenvalue weighted by molar-refractivity contribution is 0.409. The lowest BCUT2D eigenvalue weighted by Gasteiger charge is -2.25. The fourth-order valence-electron chi connectivity index (χ4n) is 3.51. The van der Waals surface area contributed by atoms with E-state index >= 15 is 0 Å². The van der Waals surface area contributed by atoms with Gasteiger partial charge in [0.2, 0.25) is 0 Å². The van der Waals surface area contributed by atoms with Crippen LogP contribution in [0.2, 0.25) is 0 Å². The second-order valence-electron chi connectivity index (χ2n) is 7.22. The molecule has 0 aliphatic carbocycles. The Hall–Kier alpha value is -2.73. The van der Waals surface area contributed by atoms with Crippen molar-refractivity contribution in [2.75, 3.05) is 32.1 Å². The van der Waals surface area contributed by atoms with E-state index in [-0.39, 0.29) is 0 Å². The maximum Gasteiger partial charge on any atom is 0.259 e. The lowest BCUT2D eigenvalue weighted by Crippen LogP contribution is -2.34. The molecule has 3 aromatic rings. The summed E-state index contributed by atoms with van der Waals surface area (Å²) in [7, 11) is 4.27. The molecule has 0 radical (unpaired) electrons. The molecule has 3 heterocycles. The van der Waals surface area contributed by atoms with Crippen LogP contribution >= 0.6 is 0 Å². The predicted octanol–water partition coefficient (Wildman–Crippen LogP) is 3.06. The zero-order valence-corrected chi connectivity index (χ0v) is 15.9. The van der Waals surface area contributed by atoms with E-state index in [1.165, 1.54) is 12.0 Å². The SMILES string of the molecule is CN1CC[C@H](N(C)c2ccc(-c3nc(CCc4ccccc4)no3)cn2)C1. The minimum Gasteiger partial charge on any atom is -0.355 e. The molecule has 1 aromatic carbocycles. The number of hydrogen-bond donors (Lipinski definition) is 0. The number of aryl methyl sites for hydroxylation is 2. The number of nitrogens with zero attached hydrogens (tertiary/aromatic N) is 5. The molecule has 0 amide bonds. The first-order chi connectivity index (χ1) is 13.2. The van der Waals surface area contributed by atoms with Crippen molar-refractivity contribution in [1.29, 1.82) is 0 Å². The Morgan fingerprint density at radius 2 is 2.00 bits per heavy atom. The van der Waals surface area contributed by atoms with E-state index in [0.29, 0.717) is 11.9 Å². The highest BCUT2D eigenvalue weighted by Gasteiger charge is 2.24. The van der Waals surface area contributed by atoms with E-state index < -0.39 is 0 Å². The smallest absolute Gasteiger partial charge is 0.259 e. The first kappa shape index (κ1) is 17.7. The van der Waals surface area contributed by atoms with Crippen molar-refractivity contribution in [3.05, 3.63) is 60.0 Å². The predicted molar refractivity (Wildman–Crippen MR) is 106 cm³/mol. The van der Waals surface area contributed by atoms with Crippen molar-refractivity contribution < 1.29 is 4.52 Å². The third kappa shape index (κ3) is 4.17. The summed E-state index contributed by atoms with van der Waals surface area (Å²) in [5.74, 6) is 2.23. The van der Waals surface area contributed by atoms with Gasteiger partial charge in [-0.05, 0) is 44.1 Å². The van der Waals surface area contributed by atoms with Crippen molar-refractivity contribution in [3.8, 4) is 11.5 Å². The number of likely N-dealkylation sites (tertiary alicyclic amines) is 1. The minimum atomic E-state index is 0.515. The molecule has 6 heteroatoms. The number of likely N-dealkylation sites (N-methyl/N-ethyl adjacent to an activating group) is 2. The van der Waals surface area contributed by atoms with E-state index in [2.05, 4.69) is 51.2 Å². The van der Waals surface area contributed by atoms with Crippen LogP contribution < -0.4 is 4.90 Å². The van der Waals surface area contributed by atoms with Gasteiger partial charge in [0.25, 0.3) is 5.89 Å². The average Bonchev–Trinajstić information content (AvgIpc) is 3.36. The Labute approximate surface area is 159 Å². The maximum atomic E-state index is 5.43. The van der Waals surface area contributed by atoms with Crippen LogP contribution in [0.15, 0.2) is 53.2 Å². The van der Waals surface area contributed by atoms with Crippen LogP contribution in [-0.2, 0) is 12.8 Å². The Morgan fingerprint density at radius 1 is 1.15 bits per heavy atom. The van der Waals surface area contributed by atoms with Crippen molar-refractivity contribution in [2.24, 2.45) is 0 Å². The van der Waals surface area contributed by atoms with Crippen LogP contribution in [0.25, 0.3) is 11.5 Å². The quantitative estimate of drug-likeness (QED) is 0.671. The van der Waals surface area contributed by atoms with Gasteiger partial charge in [-0.25, -0.2) is 4.98 Å². The molecule has 1 aliphatic rings. The Balaban J connectivity index is 1.39. The number of rotatable bonds is 6. The summed E-state index contributed by atoms with van der Waals surface area (Å²) in [4.78, 5) is 13.7. The van der Waals surface area contributed by atoms with Gasteiger partial charge in [0.15, 0.2) is 5.82 Å². The second-order valence-corrected chi connectivity index (χ2v) is 7.22. The number of benzene rings is 1. The van der Waals surface area contributed by atoms with Gasteiger partial charge in [-0.2, -0.15) is 4.98 Å². The highest BCUT2D eigenvalue weighted by molar-refractivity contribution is 5.54. The summed E-state index contributed by atoms with van der Waals surface area (Å²) in [5, 5.41) is 4.11. The molecule has 0 saturated carbocycles. The fourth-order valence-corrected chi connectivity index (χ4v) is 3.51. The largest absolute Gasteiger partial charge is 0.355 e. The summed E-state index contributed by atoms with van der Waals surface area (Å²) in [6.45, 7) is 2.22. The highest BCUT2D eigenvalue weighted by Crippen LogP contribution is 2.22. The molecule has 1 aliphatic heterocycles. The molecule has 4 rings (SSSR count). The summed E-state index contributed by atoms with van der Waals surface area (Å²) in [6.07, 6.45) is 4.65. The normalized spacial score (nSPS) is 17.3. The van der Waals surface area contributed by atoms with Gasteiger partial charge in [-0.3, -0.25) is 0 Å². The highest BCUT2D eigenvalue weighted by atomic mass is 16.5. The standard InChI is InChI=1S/C21H25N5O/c1-25-13-12-18(15-25)26(2)20-11-9-17(14-22-20)21-23-19(24-27-21)10-8-16-6-4-3-5-7-16/h3-7,9,11,14,18H,8,10,12-13,15H2,1-2H3/t18-/m0/s1. The van der Waals surface area contributed by atoms with Crippen LogP contribution in [0, 0.1) is 0 Å². The van der Waals surface area contributed by atoms with E-state index in [1.54, 1.807) is 0 Å². The van der Waals surface area contributed by atoms with E-state index in [0.717, 1.165) is 43.1 Å². The molecule has 1 fully saturated rings. The Bertz CT molecular complexity index is 862. The summed E-state index contributed by atoms with van der Waals surface area (Å²) >= 11 is 0. The molecule has 0 unspecified atom stereocenters. The van der Waals surface area contributed by atoms with Crippen molar-refractivity contribution in [1.82, 2.24) is 20.0 Å². The third-order valence-corrected chi connectivity index (χ3v) is 5.22. The molecule has 0 N–H and O–H groups in total. The molecular formula is C21H25N5O. The van der Waals surface area contributed by atoms with Gasteiger partial charge < -0.3 is 14.3 Å². The van der Waals surface area contributed by atoms with Gasteiger partial charge in [0.05, 0.1) is 5.56 Å². The third-order valence-electron chi connectivity index (χ3n) is 5.22. The topological polar surface area (TPSA) is 58.3 Å². The van der Waals surface area contributed by atoms with Crippen LogP contribution in [0.5, 0.6) is 0 Å². The van der Waals surface area contributed by atoms with Gasteiger partial charge in [0, 0.05) is 32.3 Å². The first-order valence-corrected chi connectivity index (χ1v) is 9.43. The molecule has 2 aromatic heterocycles. The molecule has 0 spiro atoms. The summed E-state index contributed by atoms with van der Waals surface area (Å²) < 4.78 is 5.43. The average molecular weight is 363 g/mol. The molecular weight excluding hydrogens is 338 g/mol. The van der Waals surface area contributed by atoms with Crippen molar-refractivity contribution in [3.63, 3.8) is 0 Å². The zero-order valence-electron chi connectivity index (χ0n) is 15.9. The molecule has 140 valence electrons. The maximum absolute atomic E-state index is 5.43. The molecule has 1 saturated heterocycles. The number of anilines is 1. The molecule has 27 heavy (non-hydrogen) atoms. The Morgan fingerprint density at radius 3 is 2.70 bits per heavy atom.